The minimum absolute atomic E-state index is 0.104. The third-order valence-corrected chi connectivity index (χ3v) is 8.14. The number of anilines is 2. The second-order valence-corrected chi connectivity index (χ2v) is 10.8. The molecule has 0 radical (unpaired) electrons. The van der Waals surface area contributed by atoms with Gasteiger partial charge >= 0.3 is 5.97 Å². The smallest absolute Gasteiger partial charge is 0.341 e. The molecule has 0 atom stereocenters. The van der Waals surface area contributed by atoms with Crippen LogP contribution in [0.1, 0.15) is 57.3 Å². The van der Waals surface area contributed by atoms with Crippen molar-refractivity contribution in [2.24, 2.45) is 0 Å². The number of nitrogens with one attached hydrogen (secondary N) is 2. The maximum Gasteiger partial charge on any atom is 0.341 e. The monoisotopic (exact) mass is 553 g/mol. The fourth-order valence-electron chi connectivity index (χ4n) is 4.19. The molecule has 9 nitrogen and oxygen atoms in total. The number of aryl methyl sites for hydroxylation is 1. The van der Waals surface area contributed by atoms with Crippen LogP contribution in [0.2, 0.25) is 0 Å². The van der Waals surface area contributed by atoms with E-state index in [9.17, 15) is 24.5 Å². The number of carbonyl (C=O) groups is 3. The number of non-ortho nitro benzene ring substituents is 1. The normalized spacial score (nSPS) is 12.7. The minimum atomic E-state index is -0.554. The SMILES string of the molecule is CCOC(=O)c1c(NC(=O)CSc2cccc(NC(=O)c3cccc([N+](=O)[O-])c3)c2)sc2c1CCCCC2. The number of nitro groups is 1. The van der Waals surface area contributed by atoms with Gasteiger partial charge in [0, 0.05) is 33.2 Å². The average Bonchev–Trinajstić information content (AvgIpc) is 3.07. The Kier molecular flexibility index (Phi) is 9.14. The van der Waals surface area contributed by atoms with Crippen LogP contribution >= 0.6 is 23.1 Å². The van der Waals surface area contributed by atoms with E-state index in [0.717, 1.165) is 47.4 Å². The standard InChI is InChI=1S/C27H27N3O6S2/c1-2-36-27(33)24-21-12-4-3-5-13-22(21)38-26(24)29-23(31)16-37-20-11-7-9-18(15-20)28-25(32)17-8-6-10-19(14-17)30(34)35/h6-11,14-15H,2-5,12-13,16H2,1H3,(H,28,32)(H,29,31). The van der Waals surface area contributed by atoms with Crippen LogP contribution in [0.4, 0.5) is 16.4 Å². The molecule has 1 aliphatic rings. The second-order valence-electron chi connectivity index (χ2n) is 8.62. The molecule has 0 fully saturated rings. The van der Waals surface area contributed by atoms with Gasteiger partial charge in [-0.15, -0.1) is 23.1 Å². The van der Waals surface area contributed by atoms with E-state index in [1.807, 2.05) is 6.07 Å². The molecule has 0 saturated heterocycles. The summed E-state index contributed by atoms with van der Waals surface area (Å²) in [6, 6.07) is 12.5. The lowest BCUT2D eigenvalue weighted by Crippen LogP contribution is -2.17. The first kappa shape index (κ1) is 27.3. The first-order valence-electron chi connectivity index (χ1n) is 12.3. The molecule has 0 aliphatic heterocycles. The van der Waals surface area contributed by atoms with Gasteiger partial charge in [-0.1, -0.05) is 18.6 Å². The van der Waals surface area contributed by atoms with E-state index in [-0.39, 0.29) is 29.5 Å². The van der Waals surface area contributed by atoms with Crippen molar-refractivity contribution in [2.75, 3.05) is 23.0 Å². The molecule has 0 bridgehead atoms. The zero-order valence-corrected chi connectivity index (χ0v) is 22.4. The summed E-state index contributed by atoms with van der Waals surface area (Å²) in [5, 5.41) is 17.2. The molecule has 3 aromatic rings. The summed E-state index contributed by atoms with van der Waals surface area (Å²) in [6.45, 7) is 2.03. The van der Waals surface area contributed by atoms with Gasteiger partial charge in [-0.25, -0.2) is 4.79 Å². The number of ether oxygens (including phenoxy) is 1. The third kappa shape index (κ3) is 6.78. The Hall–Kier alpha value is -3.70. The van der Waals surface area contributed by atoms with Gasteiger partial charge in [0.25, 0.3) is 11.6 Å². The molecule has 4 rings (SSSR count). The summed E-state index contributed by atoms with van der Waals surface area (Å²) < 4.78 is 5.28. The molecule has 0 spiro atoms. The van der Waals surface area contributed by atoms with Crippen molar-refractivity contribution in [1.29, 1.82) is 0 Å². The van der Waals surface area contributed by atoms with Crippen LogP contribution in [-0.2, 0) is 22.4 Å². The van der Waals surface area contributed by atoms with Crippen molar-refractivity contribution < 1.29 is 24.0 Å². The maximum atomic E-state index is 12.8. The molecule has 2 aromatic carbocycles. The number of carbonyl (C=O) groups excluding carboxylic acids is 3. The van der Waals surface area contributed by atoms with E-state index in [4.69, 9.17) is 4.74 Å². The van der Waals surface area contributed by atoms with Crippen molar-refractivity contribution in [2.45, 2.75) is 43.9 Å². The molecule has 11 heteroatoms. The summed E-state index contributed by atoms with van der Waals surface area (Å²) in [5.41, 5.74) is 1.99. The molecule has 0 unspecified atom stereocenters. The Labute approximate surface area is 228 Å². The number of thioether (sulfide) groups is 1. The van der Waals surface area contributed by atoms with Crippen molar-refractivity contribution in [3.8, 4) is 0 Å². The molecule has 38 heavy (non-hydrogen) atoms. The van der Waals surface area contributed by atoms with E-state index in [1.165, 1.54) is 47.4 Å². The van der Waals surface area contributed by atoms with Crippen molar-refractivity contribution in [1.82, 2.24) is 0 Å². The van der Waals surface area contributed by atoms with Crippen LogP contribution in [0.5, 0.6) is 0 Å². The lowest BCUT2D eigenvalue weighted by molar-refractivity contribution is -0.384. The predicted octanol–water partition coefficient (Wildman–Crippen LogP) is 6.09. The quantitative estimate of drug-likeness (QED) is 0.108. The topological polar surface area (TPSA) is 128 Å². The lowest BCUT2D eigenvalue weighted by Gasteiger charge is -2.09. The Balaban J connectivity index is 1.40. The highest BCUT2D eigenvalue weighted by atomic mass is 32.2. The van der Waals surface area contributed by atoms with Crippen molar-refractivity contribution in [3.63, 3.8) is 0 Å². The molecular formula is C27H27N3O6S2. The van der Waals surface area contributed by atoms with Gasteiger partial charge in [-0.3, -0.25) is 19.7 Å². The molecule has 2 amide bonds. The fraction of sp³-hybridized carbons (Fsp3) is 0.296. The third-order valence-electron chi connectivity index (χ3n) is 5.93. The highest BCUT2D eigenvalue weighted by molar-refractivity contribution is 8.00. The minimum Gasteiger partial charge on any atom is -0.462 e. The Morgan fingerprint density at radius 1 is 1.05 bits per heavy atom. The largest absolute Gasteiger partial charge is 0.462 e. The number of nitrogens with zero attached hydrogens (tertiary/aromatic N) is 1. The van der Waals surface area contributed by atoms with Crippen LogP contribution in [0.15, 0.2) is 53.4 Å². The van der Waals surface area contributed by atoms with E-state index < -0.39 is 16.8 Å². The van der Waals surface area contributed by atoms with E-state index in [2.05, 4.69) is 10.6 Å². The maximum absolute atomic E-state index is 12.8. The molecule has 2 N–H and O–H groups in total. The Morgan fingerprint density at radius 3 is 2.63 bits per heavy atom. The van der Waals surface area contributed by atoms with E-state index in [1.54, 1.807) is 25.1 Å². The molecule has 198 valence electrons. The van der Waals surface area contributed by atoms with Crippen LogP contribution in [0.3, 0.4) is 0 Å². The van der Waals surface area contributed by atoms with E-state index >= 15 is 0 Å². The number of rotatable bonds is 9. The number of esters is 1. The number of amides is 2. The number of thiophene rings is 1. The molecule has 1 aromatic heterocycles. The molecular weight excluding hydrogens is 526 g/mol. The lowest BCUT2D eigenvalue weighted by atomic mass is 10.1. The summed E-state index contributed by atoms with van der Waals surface area (Å²) in [7, 11) is 0. The number of hydrogen-bond donors (Lipinski definition) is 2. The van der Waals surface area contributed by atoms with Gasteiger partial charge in [0.15, 0.2) is 0 Å². The van der Waals surface area contributed by atoms with Gasteiger partial charge in [-0.2, -0.15) is 0 Å². The number of benzene rings is 2. The molecule has 0 saturated carbocycles. The fourth-order valence-corrected chi connectivity index (χ4v) is 6.24. The van der Waals surface area contributed by atoms with Crippen LogP contribution in [0.25, 0.3) is 0 Å². The van der Waals surface area contributed by atoms with Crippen LogP contribution < -0.4 is 10.6 Å². The Morgan fingerprint density at radius 2 is 1.84 bits per heavy atom. The predicted molar refractivity (Wildman–Crippen MR) is 148 cm³/mol. The summed E-state index contributed by atoms with van der Waals surface area (Å²) in [5.74, 6) is -1.02. The first-order chi connectivity index (χ1) is 18.4. The Bertz CT molecular complexity index is 1370. The van der Waals surface area contributed by atoms with Crippen molar-refractivity contribution in [3.05, 3.63) is 80.2 Å². The second kappa shape index (κ2) is 12.7. The number of hydrogen-bond acceptors (Lipinski definition) is 8. The number of fused-ring (bicyclic) bond motifs is 1. The summed E-state index contributed by atoms with van der Waals surface area (Å²) >= 11 is 2.75. The summed E-state index contributed by atoms with van der Waals surface area (Å²) in [4.78, 5) is 50.4. The zero-order chi connectivity index (χ0) is 27.1. The van der Waals surface area contributed by atoms with Gasteiger partial charge in [0.1, 0.15) is 5.00 Å². The van der Waals surface area contributed by atoms with Crippen LogP contribution in [-0.4, -0.2) is 35.1 Å². The van der Waals surface area contributed by atoms with Crippen LogP contribution in [0, 0.1) is 10.1 Å². The zero-order valence-electron chi connectivity index (χ0n) is 20.8. The van der Waals surface area contributed by atoms with E-state index in [0.29, 0.717) is 16.3 Å². The molecule has 1 aliphatic carbocycles. The van der Waals surface area contributed by atoms with Gasteiger partial charge in [0.05, 0.1) is 22.8 Å². The number of nitro benzene ring substituents is 1. The highest BCUT2D eigenvalue weighted by Crippen LogP contribution is 2.38. The van der Waals surface area contributed by atoms with Gasteiger partial charge in [-0.05, 0) is 62.4 Å². The van der Waals surface area contributed by atoms with Gasteiger partial charge in [0.2, 0.25) is 5.91 Å². The first-order valence-corrected chi connectivity index (χ1v) is 14.1. The highest BCUT2D eigenvalue weighted by Gasteiger charge is 2.26. The van der Waals surface area contributed by atoms with Crippen molar-refractivity contribution >= 4 is 57.3 Å². The molecule has 1 heterocycles. The average molecular weight is 554 g/mol. The summed E-state index contributed by atoms with van der Waals surface area (Å²) in [6.07, 6.45) is 4.89. The van der Waals surface area contributed by atoms with Gasteiger partial charge < -0.3 is 15.4 Å².